The standard InChI is InChI=1S/C18H15ClN4O4S3/c1-28-18-22-21-17(29-18)20-16(24)15-10-23(13-9-11(19)7-8-14(13)27-15)30(25,26)12-5-3-2-4-6-12/h2-9,15H,10H2,1H3,(H,20,21,24)/t15-/m0/s1. The monoisotopic (exact) mass is 482 g/mol. The van der Waals surface area contributed by atoms with Crippen LogP contribution in [0.25, 0.3) is 0 Å². The van der Waals surface area contributed by atoms with Crippen molar-refractivity contribution in [3.05, 3.63) is 53.6 Å². The van der Waals surface area contributed by atoms with Crippen LogP contribution in [-0.4, -0.2) is 43.4 Å². The molecule has 30 heavy (non-hydrogen) atoms. The number of sulfonamides is 1. The Morgan fingerprint density at radius 1 is 1.27 bits per heavy atom. The number of amides is 1. The van der Waals surface area contributed by atoms with E-state index in [4.69, 9.17) is 16.3 Å². The van der Waals surface area contributed by atoms with Crippen LogP contribution in [0.5, 0.6) is 5.75 Å². The normalized spacial score (nSPS) is 15.9. The smallest absolute Gasteiger partial charge is 0.269 e. The zero-order valence-corrected chi connectivity index (χ0v) is 18.7. The van der Waals surface area contributed by atoms with E-state index < -0.39 is 22.0 Å². The average molecular weight is 483 g/mol. The number of carbonyl (C=O) groups excluding carboxylic acids is 1. The molecule has 0 unspecified atom stereocenters. The molecule has 0 saturated carbocycles. The second-order valence-electron chi connectivity index (χ2n) is 6.13. The van der Waals surface area contributed by atoms with E-state index >= 15 is 0 Å². The van der Waals surface area contributed by atoms with Crippen molar-refractivity contribution >= 4 is 61.4 Å². The number of aromatic nitrogens is 2. The number of anilines is 2. The number of rotatable bonds is 5. The van der Waals surface area contributed by atoms with E-state index in [1.54, 1.807) is 30.3 Å². The van der Waals surface area contributed by atoms with Gasteiger partial charge in [0.2, 0.25) is 5.13 Å². The summed E-state index contributed by atoms with van der Waals surface area (Å²) in [6, 6.07) is 12.6. The first kappa shape index (κ1) is 20.9. The number of fused-ring (bicyclic) bond motifs is 1. The van der Waals surface area contributed by atoms with Crippen LogP contribution in [-0.2, 0) is 14.8 Å². The maximum absolute atomic E-state index is 13.3. The number of nitrogens with one attached hydrogen (secondary N) is 1. The van der Waals surface area contributed by atoms with E-state index in [1.165, 1.54) is 41.3 Å². The molecule has 1 amide bonds. The molecular formula is C18H15ClN4O4S3. The van der Waals surface area contributed by atoms with Crippen molar-refractivity contribution in [3.63, 3.8) is 0 Å². The van der Waals surface area contributed by atoms with Crippen LogP contribution in [0, 0.1) is 0 Å². The predicted molar refractivity (Wildman–Crippen MR) is 117 cm³/mol. The molecule has 2 aromatic carbocycles. The molecule has 1 N–H and O–H groups in total. The summed E-state index contributed by atoms with van der Waals surface area (Å²) in [5, 5.41) is 11.1. The molecule has 0 spiro atoms. The quantitative estimate of drug-likeness (QED) is 0.438. The van der Waals surface area contributed by atoms with Crippen LogP contribution >= 0.6 is 34.7 Å². The highest BCUT2D eigenvalue weighted by molar-refractivity contribution is 8.00. The molecule has 0 saturated heterocycles. The van der Waals surface area contributed by atoms with Crippen LogP contribution in [0.2, 0.25) is 5.02 Å². The highest BCUT2D eigenvalue weighted by atomic mass is 35.5. The van der Waals surface area contributed by atoms with Crippen LogP contribution in [0.3, 0.4) is 0 Å². The fourth-order valence-corrected chi connectivity index (χ4v) is 5.67. The van der Waals surface area contributed by atoms with Crippen LogP contribution in [0.4, 0.5) is 10.8 Å². The van der Waals surface area contributed by atoms with Gasteiger partial charge in [0.25, 0.3) is 15.9 Å². The molecule has 1 aliphatic rings. The van der Waals surface area contributed by atoms with Gasteiger partial charge in [-0.25, -0.2) is 8.42 Å². The summed E-state index contributed by atoms with van der Waals surface area (Å²) in [7, 11) is -3.95. The lowest BCUT2D eigenvalue weighted by atomic mass is 10.2. The van der Waals surface area contributed by atoms with Gasteiger partial charge in [-0.2, -0.15) is 0 Å². The Morgan fingerprint density at radius 2 is 2.03 bits per heavy atom. The van der Waals surface area contributed by atoms with Crippen LogP contribution < -0.4 is 14.4 Å². The second-order valence-corrected chi connectivity index (χ2v) is 10.5. The maximum Gasteiger partial charge on any atom is 0.269 e. The Bertz CT molecular complexity index is 1190. The van der Waals surface area contributed by atoms with Crippen LogP contribution in [0.15, 0.2) is 57.8 Å². The third-order valence-electron chi connectivity index (χ3n) is 4.23. The lowest BCUT2D eigenvalue weighted by molar-refractivity contribution is -0.122. The number of hydrogen-bond donors (Lipinski definition) is 1. The highest BCUT2D eigenvalue weighted by Crippen LogP contribution is 2.39. The topological polar surface area (TPSA) is 101 Å². The van der Waals surface area contributed by atoms with E-state index in [0.29, 0.717) is 14.5 Å². The molecule has 1 aliphatic heterocycles. The minimum Gasteiger partial charge on any atom is -0.476 e. The van der Waals surface area contributed by atoms with E-state index in [9.17, 15) is 13.2 Å². The number of ether oxygens (including phenoxy) is 1. The van der Waals surface area contributed by atoms with Crippen molar-refractivity contribution in [1.29, 1.82) is 0 Å². The molecular weight excluding hydrogens is 468 g/mol. The molecule has 12 heteroatoms. The van der Waals surface area contributed by atoms with Crippen molar-refractivity contribution in [2.24, 2.45) is 0 Å². The first-order valence-corrected chi connectivity index (χ1v) is 12.5. The van der Waals surface area contributed by atoms with Crippen molar-refractivity contribution in [3.8, 4) is 5.75 Å². The molecule has 1 atom stereocenters. The van der Waals surface area contributed by atoms with Gasteiger partial charge >= 0.3 is 0 Å². The van der Waals surface area contributed by atoms with E-state index in [-0.39, 0.29) is 22.9 Å². The van der Waals surface area contributed by atoms with E-state index in [0.717, 1.165) is 4.31 Å². The summed E-state index contributed by atoms with van der Waals surface area (Å²) in [4.78, 5) is 12.9. The van der Waals surface area contributed by atoms with Crippen LogP contribution in [0.1, 0.15) is 0 Å². The van der Waals surface area contributed by atoms with Crippen molar-refractivity contribution in [1.82, 2.24) is 10.2 Å². The highest BCUT2D eigenvalue weighted by Gasteiger charge is 2.38. The van der Waals surface area contributed by atoms with Gasteiger partial charge in [0.05, 0.1) is 17.1 Å². The summed E-state index contributed by atoms with van der Waals surface area (Å²) in [6.07, 6.45) is 0.767. The zero-order valence-electron chi connectivity index (χ0n) is 15.5. The van der Waals surface area contributed by atoms with Crippen molar-refractivity contribution in [2.45, 2.75) is 15.3 Å². The second kappa shape index (κ2) is 8.42. The number of nitrogens with zero attached hydrogens (tertiary/aromatic N) is 3. The Morgan fingerprint density at radius 3 is 2.73 bits per heavy atom. The molecule has 8 nitrogen and oxygen atoms in total. The molecule has 156 valence electrons. The lowest BCUT2D eigenvalue weighted by Crippen LogP contribution is -2.48. The Balaban J connectivity index is 1.67. The third-order valence-corrected chi connectivity index (χ3v) is 8.07. The molecule has 0 radical (unpaired) electrons. The Hall–Kier alpha value is -2.34. The van der Waals surface area contributed by atoms with E-state index in [1.807, 2.05) is 6.26 Å². The Labute approximate surface area is 186 Å². The van der Waals surface area contributed by atoms with Crippen molar-refractivity contribution in [2.75, 3.05) is 22.4 Å². The first-order chi connectivity index (χ1) is 14.4. The van der Waals surface area contributed by atoms with Gasteiger partial charge in [-0.05, 0) is 36.6 Å². The molecule has 3 aromatic rings. The first-order valence-electron chi connectivity index (χ1n) is 8.61. The Kier molecular flexibility index (Phi) is 5.87. The van der Waals surface area contributed by atoms with Gasteiger partial charge in [-0.15, -0.1) is 10.2 Å². The molecule has 1 aromatic heterocycles. The maximum atomic E-state index is 13.3. The van der Waals surface area contributed by atoms with Gasteiger partial charge < -0.3 is 4.74 Å². The number of hydrogen-bond acceptors (Lipinski definition) is 8. The molecule has 0 fully saturated rings. The number of halogens is 1. The van der Waals surface area contributed by atoms with Gasteiger partial charge in [0.1, 0.15) is 5.75 Å². The fraction of sp³-hybridized carbons (Fsp3) is 0.167. The number of thioether (sulfide) groups is 1. The molecule has 2 heterocycles. The third kappa shape index (κ3) is 4.10. The van der Waals surface area contributed by atoms with Crippen molar-refractivity contribution < 1.29 is 17.9 Å². The average Bonchev–Trinajstić information content (AvgIpc) is 3.21. The molecule has 0 bridgehead atoms. The molecule has 0 aliphatic carbocycles. The minimum atomic E-state index is -3.95. The summed E-state index contributed by atoms with van der Waals surface area (Å²) in [6.45, 7) is -0.218. The van der Waals surface area contributed by atoms with Gasteiger partial charge in [-0.1, -0.05) is 52.9 Å². The largest absolute Gasteiger partial charge is 0.476 e. The minimum absolute atomic E-state index is 0.103. The predicted octanol–water partition coefficient (Wildman–Crippen LogP) is 3.51. The summed E-state index contributed by atoms with van der Waals surface area (Å²) < 4.78 is 34.2. The summed E-state index contributed by atoms with van der Waals surface area (Å²) in [5.41, 5.74) is 0.274. The zero-order chi connectivity index (χ0) is 21.3. The van der Waals surface area contributed by atoms with Gasteiger partial charge in [0.15, 0.2) is 10.4 Å². The summed E-state index contributed by atoms with van der Waals surface area (Å²) in [5.74, 6) is -0.278. The molecule has 4 rings (SSSR count). The summed E-state index contributed by atoms with van der Waals surface area (Å²) >= 11 is 8.72. The van der Waals surface area contributed by atoms with Gasteiger partial charge in [0, 0.05) is 5.02 Å². The fourth-order valence-electron chi connectivity index (χ4n) is 2.84. The van der Waals surface area contributed by atoms with E-state index in [2.05, 4.69) is 15.5 Å². The van der Waals surface area contributed by atoms with Gasteiger partial charge in [-0.3, -0.25) is 14.4 Å². The lowest BCUT2D eigenvalue weighted by Gasteiger charge is -2.34. The number of benzene rings is 2. The number of carbonyl (C=O) groups is 1. The SMILES string of the molecule is CSc1nnc(NC(=O)[C@@H]2CN(S(=O)(=O)c3ccccc3)c3cc(Cl)ccc3O2)s1.